The second kappa shape index (κ2) is 7.08. The average molecular weight is 344 g/mol. The summed E-state index contributed by atoms with van der Waals surface area (Å²) in [6.45, 7) is 3.99. The molecular formula is C20H24O3S. The van der Waals surface area contributed by atoms with Gasteiger partial charge in [0, 0.05) is 5.92 Å². The summed E-state index contributed by atoms with van der Waals surface area (Å²) in [6.07, 6.45) is 3.59. The number of benzene rings is 2. The summed E-state index contributed by atoms with van der Waals surface area (Å²) < 4.78 is 30.9. The van der Waals surface area contributed by atoms with E-state index in [-0.39, 0.29) is 16.9 Å². The second-order valence-corrected chi connectivity index (χ2v) is 8.28. The Morgan fingerprint density at radius 2 is 1.38 bits per heavy atom. The standard InChI is InChI=1S/C20H24O3S/c1-15-7-11-17(12-8-15)19-5-3-4-6-20(19)23-24(21,22)18-13-9-16(2)10-14-18/h7-14,19-20H,3-6H2,1-2H3/t19-,20-/m1/s1. The largest absolute Gasteiger partial charge is 0.297 e. The molecule has 0 aromatic heterocycles. The van der Waals surface area contributed by atoms with Crippen LogP contribution in [0.3, 0.4) is 0 Å². The number of aryl methyl sites for hydroxylation is 2. The summed E-state index contributed by atoms with van der Waals surface area (Å²) in [6, 6.07) is 15.2. The van der Waals surface area contributed by atoms with Gasteiger partial charge in [0.15, 0.2) is 0 Å². The van der Waals surface area contributed by atoms with Crippen molar-refractivity contribution in [3.8, 4) is 0 Å². The lowest BCUT2D eigenvalue weighted by atomic mass is 9.81. The Kier molecular flexibility index (Phi) is 5.07. The molecule has 0 saturated heterocycles. The molecule has 2 aromatic carbocycles. The summed E-state index contributed by atoms with van der Waals surface area (Å²) in [5, 5.41) is 0. The Balaban J connectivity index is 1.83. The van der Waals surface area contributed by atoms with Crippen LogP contribution in [0.25, 0.3) is 0 Å². The van der Waals surface area contributed by atoms with E-state index in [1.54, 1.807) is 24.3 Å². The van der Waals surface area contributed by atoms with Crippen LogP contribution < -0.4 is 0 Å². The first-order valence-electron chi connectivity index (χ1n) is 8.52. The van der Waals surface area contributed by atoms with Gasteiger partial charge in [-0.1, -0.05) is 60.4 Å². The Morgan fingerprint density at radius 1 is 0.833 bits per heavy atom. The molecule has 1 aliphatic carbocycles. The van der Waals surface area contributed by atoms with Gasteiger partial charge in [0.05, 0.1) is 11.0 Å². The molecule has 0 radical (unpaired) electrons. The van der Waals surface area contributed by atoms with E-state index in [0.29, 0.717) is 0 Å². The molecule has 3 rings (SSSR count). The summed E-state index contributed by atoms with van der Waals surface area (Å²) in [5.74, 6) is 0.138. The van der Waals surface area contributed by atoms with E-state index in [1.807, 2.05) is 6.92 Å². The minimum Gasteiger partial charge on any atom is -0.262 e. The first kappa shape index (κ1) is 17.2. The van der Waals surface area contributed by atoms with Crippen LogP contribution in [0.1, 0.15) is 48.3 Å². The van der Waals surface area contributed by atoms with E-state index in [2.05, 4.69) is 31.2 Å². The molecule has 4 heteroatoms. The summed E-state index contributed by atoms with van der Waals surface area (Å²) >= 11 is 0. The Hall–Kier alpha value is -1.65. The van der Waals surface area contributed by atoms with Crippen molar-refractivity contribution < 1.29 is 12.6 Å². The fraction of sp³-hybridized carbons (Fsp3) is 0.400. The van der Waals surface area contributed by atoms with Crippen LogP contribution >= 0.6 is 0 Å². The van der Waals surface area contributed by atoms with Gasteiger partial charge < -0.3 is 0 Å². The average Bonchev–Trinajstić information content (AvgIpc) is 2.56. The predicted octanol–water partition coefficient (Wildman–Crippen LogP) is 4.74. The van der Waals surface area contributed by atoms with Gasteiger partial charge in [-0.05, 0) is 44.4 Å². The highest BCUT2D eigenvalue weighted by molar-refractivity contribution is 7.86. The fourth-order valence-corrected chi connectivity index (χ4v) is 4.47. The fourth-order valence-electron chi connectivity index (χ4n) is 3.33. The molecule has 128 valence electrons. The topological polar surface area (TPSA) is 43.4 Å². The first-order chi connectivity index (χ1) is 11.5. The molecule has 0 aliphatic heterocycles. The maximum Gasteiger partial charge on any atom is 0.297 e. The molecule has 24 heavy (non-hydrogen) atoms. The van der Waals surface area contributed by atoms with Crippen molar-refractivity contribution in [2.75, 3.05) is 0 Å². The van der Waals surface area contributed by atoms with Crippen LogP contribution in [-0.4, -0.2) is 14.5 Å². The highest BCUT2D eigenvalue weighted by atomic mass is 32.2. The van der Waals surface area contributed by atoms with Crippen molar-refractivity contribution in [2.24, 2.45) is 0 Å². The van der Waals surface area contributed by atoms with Crippen LogP contribution in [0.2, 0.25) is 0 Å². The molecule has 0 N–H and O–H groups in total. The first-order valence-corrected chi connectivity index (χ1v) is 9.93. The van der Waals surface area contributed by atoms with E-state index < -0.39 is 10.1 Å². The van der Waals surface area contributed by atoms with Crippen molar-refractivity contribution in [1.82, 2.24) is 0 Å². The minimum atomic E-state index is -3.73. The summed E-state index contributed by atoms with van der Waals surface area (Å²) in [5.41, 5.74) is 3.41. The van der Waals surface area contributed by atoms with Crippen molar-refractivity contribution >= 4 is 10.1 Å². The minimum absolute atomic E-state index is 0.138. The zero-order valence-corrected chi connectivity index (χ0v) is 15.1. The van der Waals surface area contributed by atoms with Crippen molar-refractivity contribution in [3.63, 3.8) is 0 Å². The van der Waals surface area contributed by atoms with E-state index in [1.165, 1.54) is 11.1 Å². The van der Waals surface area contributed by atoms with Gasteiger partial charge >= 0.3 is 0 Å². The molecule has 0 amide bonds. The Bertz CT molecular complexity index is 777. The van der Waals surface area contributed by atoms with E-state index in [4.69, 9.17) is 4.18 Å². The Morgan fingerprint density at radius 3 is 2.00 bits per heavy atom. The highest BCUT2D eigenvalue weighted by Crippen LogP contribution is 2.36. The monoisotopic (exact) mass is 344 g/mol. The van der Waals surface area contributed by atoms with E-state index >= 15 is 0 Å². The molecular weight excluding hydrogens is 320 g/mol. The van der Waals surface area contributed by atoms with Gasteiger partial charge in [0.1, 0.15) is 0 Å². The molecule has 2 aromatic rings. The summed E-state index contributed by atoms with van der Waals surface area (Å²) in [7, 11) is -3.73. The maximum atomic E-state index is 12.6. The third-order valence-corrected chi connectivity index (χ3v) is 6.12. The quantitative estimate of drug-likeness (QED) is 0.753. The van der Waals surface area contributed by atoms with Gasteiger partial charge in [0.25, 0.3) is 10.1 Å². The lowest BCUT2D eigenvalue weighted by Crippen LogP contribution is -2.28. The van der Waals surface area contributed by atoms with Gasteiger partial charge in [-0.15, -0.1) is 0 Å². The molecule has 0 unspecified atom stereocenters. The van der Waals surface area contributed by atoms with Crippen molar-refractivity contribution in [2.45, 2.75) is 56.4 Å². The van der Waals surface area contributed by atoms with Crippen molar-refractivity contribution in [3.05, 3.63) is 65.2 Å². The Labute approximate surface area is 144 Å². The third kappa shape index (κ3) is 3.87. The predicted molar refractivity (Wildman–Crippen MR) is 95.6 cm³/mol. The second-order valence-electron chi connectivity index (χ2n) is 6.70. The molecule has 0 bridgehead atoms. The van der Waals surface area contributed by atoms with Gasteiger partial charge in [-0.2, -0.15) is 8.42 Å². The molecule has 3 nitrogen and oxygen atoms in total. The molecule has 1 aliphatic rings. The van der Waals surface area contributed by atoms with Crippen LogP contribution in [0.4, 0.5) is 0 Å². The van der Waals surface area contributed by atoms with Gasteiger partial charge in [-0.3, -0.25) is 4.18 Å². The molecule has 0 heterocycles. The molecule has 1 fully saturated rings. The van der Waals surface area contributed by atoms with Crippen molar-refractivity contribution in [1.29, 1.82) is 0 Å². The zero-order valence-electron chi connectivity index (χ0n) is 14.2. The van der Waals surface area contributed by atoms with Crippen LogP contribution in [0.5, 0.6) is 0 Å². The normalized spacial score (nSPS) is 21.6. The number of hydrogen-bond acceptors (Lipinski definition) is 3. The SMILES string of the molecule is Cc1ccc([C@H]2CCCC[C@H]2OS(=O)(=O)c2ccc(C)cc2)cc1. The van der Waals surface area contributed by atoms with Gasteiger partial charge in [-0.25, -0.2) is 0 Å². The molecule has 2 atom stereocenters. The van der Waals surface area contributed by atoms with E-state index in [9.17, 15) is 8.42 Å². The molecule has 1 saturated carbocycles. The van der Waals surface area contributed by atoms with Crippen LogP contribution in [0.15, 0.2) is 53.4 Å². The van der Waals surface area contributed by atoms with Crippen LogP contribution in [0, 0.1) is 13.8 Å². The van der Waals surface area contributed by atoms with E-state index in [0.717, 1.165) is 31.2 Å². The number of hydrogen-bond donors (Lipinski definition) is 0. The zero-order chi connectivity index (χ0) is 17.2. The lowest BCUT2D eigenvalue weighted by Gasteiger charge is -2.31. The third-order valence-electron chi connectivity index (χ3n) is 4.77. The highest BCUT2D eigenvalue weighted by Gasteiger charge is 2.32. The maximum absolute atomic E-state index is 12.6. The lowest BCUT2D eigenvalue weighted by molar-refractivity contribution is 0.137. The number of rotatable bonds is 4. The summed E-state index contributed by atoms with van der Waals surface area (Å²) in [4.78, 5) is 0.237. The molecule has 0 spiro atoms. The smallest absolute Gasteiger partial charge is 0.262 e. The van der Waals surface area contributed by atoms with Gasteiger partial charge in [0.2, 0.25) is 0 Å². The van der Waals surface area contributed by atoms with Crippen LogP contribution in [-0.2, 0) is 14.3 Å².